The molecule has 0 amide bonds. The Bertz CT molecular complexity index is 461. The van der Waals surface area contributed by atoms with Crippen molar-refractivity contribution in [1.82, 2.24) is 5.32 Å². The van der Waals surface area contributed by atoms with Crippen molar-refractivity contribution in [2.45, 2.75) is 53.6 Å². The standard InChI is InChI=1S/C17H29N3S/c1-12(2)20(13(3)4)10-9-18-17(21)19-16-8-7-14(5)15(6)11-16/h7-8,11-13H,9-10H2,1-6H3,(H2,18,19,21)/p+1. The molecule has 1 rings (SSSR count). The molecule has 4 heteroatoms. The highest BCUT2D eigenvalue weighted by Crippen LogP contribution is 2.13. The zero-order chi connectivity index (χ0) is 16.0. The lowest BCUT2D eigenvalue weighted by Gasteiger charge is -2.27. The molecule has 0 spiro atoms. The number of rotatable bonds is 6. The van der Waals surface area contributed by atoms with Gasteiger partial charge in [0.05, 0.1) is 25.2 Å². The van der Waals surface area contributed by atoms with Gasteiger partial charge in [-0.05, 0) is 77.0 Å². The van der Waals surface area contributed by atoms with Crippen molar-refractivity contribution in [2.75, 3.05) is 18.4 Å². The molecule has 0 aliphatic rings. The smallest absolute Gasteiger partial charge is 0.170 e. The quantitative estimate of drug-likeness (QED) is 0.704. The van der Waals surface area contributed by atoms with Crippen LogP contribution < -0.4 is 15.5 Å². The zero-order valence-corrected chi connectivity index (χ0v) is 15.0. The molecule has 0 aliphatic carbocycles. The molecule has 118 valence electrons. The van der Waals surface area contributed by atoms with E-state index in [0.717, 1.165) is 18.8 Å². The SMILES string of the molecule is Cc1ccc(NC(=S)NCC[NH+](C(C)C)C(C)C)cc1C. The molecule has 0 saturated carbocycles. The highest BCUT2D eigenvalue weighted by atomic mass is 32.1. The Morgan fingerprint density at radius 2 is 1.71 bits per heavy atom. The lowest BCUT2D eigenvalue weighted by molar-refractivity contribution is -0.941. The van der Waals surface area contributed by atoms with Gasteiger partial charge in [-0.1, -0.05) is 6.07 Å². The molecule has 3 N–H and O–H groups in total. The summed E-state index contributed by atoms with van der Waals surface area (Å²) in [4.78, 5) is 1.59. The number of thiocarbonyl (C=S) groups is 1. The van der Waals surface area contributed by atoms with Gasteiger partial charge in [0, 0.05) is 5.69 Å². The molecule has 0 radical (unpaired) electrons. The van der Waals surface area contributed by atoms with E-state index in [1.165, 1.54) is 11.1 Å². The van der Waals surface area contributed by atoms with Crippen LogP contribution in [0.2, 0.25) is 0 Å². The van der Waals surface area contributed by atoms with Gasteiger partial charge in [0.1, 0.15) is 0 Å². The molecule has 0 unspecified atom stereocenters. The molecule has 0 saturated heterocycles. The first-order valence-electron chi connectivity index (χ1n) is 7.79. The Kier molecular flexibility index (Phi) is 7.12. The van der Waals surface area contributed by atoms with Crippen molar-refractivity contribution in [3.63, 3.8) is 0 Å². The fourth-order valence-corrected chi connectivity index (χ4v) is 2.78. The van der Waals surface area contributed by atoms with Crippen LogP contribution in [0.15, 0.2) is 18.2 Å². The van der Waals surface area contributed by atoms with Crippen molar-refractivity contribution >= 4 is 23.0 Å². The second-order valence-electron chi connectivity index (χ2n) is 6.31. The number of anilines is 1. The van der Waals surface area contributed by atoms with Crippen molar-refractivity contribution < 1.29 is 4.90 Å². The highest BCUT2D eigenvalue weighted by molar-refractivity contribution is 7.80. The third-order valence-corrected chi connectivity index (χ3v) is 4.19. The molecule has 0 heterocycles. The van der Waals surface area contributed by atoms with Crippen LogP contribution in [0, 0.1) is 13.8 Å². The minimum Gasteiger partial charge on any atom is -0.357 e. The average Bonchev–Trinajstić information content (AvgIpc) is 2.38. The average molecular weight is 309 g/mol. The van der Waals surface area contributed by atoms with Gasteiger partial charge in [-0.2, -0.15) is 0 Å². The Morgan fingerprint density at radius 3 is 2.24 bits per heavy atom. The minimum absolute atomic E-state index is 0.632. The molecule has 0 fully saturated rings. The van der Waals surface area contributed by atoms with Crippen LogP contribution >= 0.6 is 12.2 Å². The maximum atomic E-state index is 5.36. The summed E-state index contributed by atoms with van der Waals surface area (Å²) in [6.45, 7) is 15.3. The fourth-order valence-electron chi connectivity index (χ4n) is 2.56. The Morgan fingerprint density at radius 1 is 1.10 bits per heavy atom. The molecule has 1 aromatic carbocycles. The molecule has 1 aromatic rings. The number of quaternary nitrogens is 1. The third kappa shape index (κ3) is 6.02. The first kappa shape index (κ1) is 17.9. The monoisotopic (exact) mass is 308 g/mol. The van der Waals surface area contributed by atoms with Gasteiger partial charge >= 0.3 is 0 Å². The number of benzene rings is 1. The van der Waals surface area contributed by atoms with Crippen LogP contribution in [0.1, 0.15) is 38.8 Å². The van der Waals surface area contributed by atoms with E-state index in [2.05, 4.69) is 70.4 Å². The van der Waals surface area contributed by atoms with Crippen molar-refractivity contribution in [1.29, 1.82) is 0 Å². The van der Waals surface area contributed by atoms with Gasteiger partial charge in [0.2, 0.25) is 0 Å². The van der Waals surface area contributed by atoms with Crippen molar-refractivity contribution in [2.24, 2.45) is 0 Å². The molecule has 3 nitrogen and oxygen atoms in total. The molecule has 0 aromatic heterocycles. The molecule has 0 atom stereocenters. The Balaban J connectivity index is 2.42. The van der Waals surface area contributed by atoms with E-state index in [9.17, 15) is 0 Å². The summed E-state index contributed by atoms with van der Waals surface area (Å²) in [6, 6.07) is 7.57. The maximum absolute atomic E-state index is 5.36. The third-order valence-electron chi connectivity index (χ3n) is 3.95. The van der Waals surface area contributed by atoms with Gasteiger partial charge in [0.15, 0.2) is 5.11 Å². The lowest BCUT2D eigenvalue weighted by Crippen LogP contribution is -3.18. The largest absolute Gasteiger partial charge is 0.357 e. The van der Waals surface area contributed by atoms with Crippen LogP contribution in [0.3, 0.4) is 0 Å². The van der Waals surface area contributed by atoms with E-state index in [-0.39, 0.29) is 0 Å². The summed E-state index contributed by atoms with van der Waals surface area (Å²) >= 11 is 5.36. The van der Waals surface area contributed by atoms with E-state index >= 15 is 0 Å². The number of nitrogens with one attached hydrogen (secondary N) is 3. The molecule has 0 aliphatic heterocycles. The van der Waals surface area contributed by atoms with E-state index in [1.54, 1.807) is 4.90 Å². The van der Waals surface area contributed by atoms with Crippen molar-refractivity contribution in [3.05, 3.63) is 29.3 Å². The summed E-state index contributed by atoms with van der Waals surface area (Å²) in [5, 5.41) is 7.26. The Hall–Kier alpha value is -1.13. The summed E-state index contributed by atoms with van der Waals surface area (Å²) in [6.07, 6.45) is 0. The maximum Gasteiger partial charge on any atom is 0.170 e. The van der Waals surface area contributed by atoms with Gasteiger partial charge in [-0.25, -0.2) is 0 Å². The second kappa shape index (κ2) is 8.35. The van der Waals surface area contributed by atoms with E-state index < -0.39 is 0 Å². The molecule has 21 heavy (non-hydrogen) atoms. The Labute approximate surface area is 135 Å². The van der Waals surface area contributed by atoms with Crippen LogP contribution in [0.5, 0.6) is 0 Å². The normalized spacial score (nSPS) is 11.3. The van der Waals surface area contributed by atoms with E-state index in [4.69, 9.17) is 12.2 Å². The summed E-state index contributed by atoms with van der Waals surface area (Å²) < 4.78 is 0. The van der Waals surface area contributed by atoms with Crippen molar-refractivity contribution in [3.8, 4) is 0 Å². The van der Waals surface area contributed by atoms with Crippen LogP contribution in [0.4, 0.5) is 5.69 Å². The first-order chi connectivity index (χ1) is 9.81. The first-order valence-corrected chi connectivity index (χ1v) is 8.19. The fraction of sp³-hybridized carbons (Fsp3) is 0.588. The van der Waals surface area contributed by atoms with E-state index in [0.29, 0.717) is 17.2 Å². The van der Waals surface area contributed by atoms with Crippen LogP contribution in [-0.2, 0) is 0 Å². The van der Waals surface area contributed by atoms with Gasteiger partial charge in [-0.15, -0.1) is 0 Å². The number of hydrogen-bond donors (Lipinski definition) is 3. The predicted octanol–water partition coefficient (Wildman–Crippen LogP) is 2.29. The topological polar surface area (TPSA) is 28.5 Å². The summed E-state index contributed by atoms with van der Waals surface area (Å²) in [5.41, 5.74) is 3.62. The lowest BCUT2D eigenvalue weighted by atomic mass is 10.1. The number of hydrogen-bond acceptors (Lipinski definition) is 1. The van der Waals surface area contributed by atoms with Crippen LogP contribution in [0.25, 0.3) is 0 Å². The van der Waals surface area contributed by atoms with E-state index in [1.807, 2.05) is 0 Å². The van der Waals surface area contributed by atoms with Gasteiger partial charge in [0.25, 0.3) is 0 Å². The molecular formula is C17H30N3S+. The summed E-state index contributed by atoms with van der Waals surface area (Å²) in [5.74, 6) is 0. The van der Waals surface area contributed by atoms with Gasteiger partial charge in [-0.3, -0.25) is 0 Å². The van der Waals surface area contributed by atoms with Crippen LogP contribution in [-0.4, -0.2) is 30.3 Å². The minimum atomic E-state index is 0.632. The highest BCUT2D eigenvalue weighted by Gasteiger charge is 2.16. The zero-order valence-electron chi connectivity index (χ0n) is 14.2. The molecular weight excluding hydrogens is 278 g/mol. The summed E-state index contributed by atoms with van der Waals surface area (Å²) in [7, 11) is 0. The second-order valence-corrected chi connectivity index (χ2v) is 6.72. The predicted molar refractivity (Wildman–Crippen MR) is 96.2 cm³/mol. The van der Waals surface area contributed by atoms with Gasteiger partial charge < -0.3 is 15.5 Å². The molecule has 0 bridgehead atoms. The number of aryl methyl sites for hydroxylation is 2.